The smallest absolute Gasteiger partial charge is 0.419 e. The molecule has 0 amide bonds. The zero-order chi connectivity index (χ0) is 25.5. The molecule has 0 saturated heterocycles. The number of halogens is 6. The number of hydrogen-bond acceptors (Lipinski definition) is 6. The number of sulfonamides is 1. The van der Waals surface area contributed by atoms with E-state index in [1.54, 1.807) is 4.72 Å². The predicted octanol–water partition coefficient (Wildman–Crippen LogP) is 6.10. The second-order valence-corrected chi connectivity index (χ2v) is 12.4. The Hall–Kier alpha value is -1.44. The van der Waals surface area contributed by atoms with Gasteiger partial charge in [-0.15, -0.1) is 11.3 Å². The number of benzene rings is 2. The summed E-state index contributed by atoms with van der Waals surface area (Å²) >= 11 is 12.8. The zero-order valence-corrected chi connectivity index (χ0v) is 20.8. The molecular weight excluding hydrogens is 568 g/mol. The lowest BCUT2D eigenvalue weighted by Gasteiger charge is -2.24. The topological polar surface area (TPSA) is 102 Å². The van der Waals surface area contributed by atoms with Crippen molar-refractivity contribution in [2.45, 2.75) is 16.5 Å². The summed E-state index contributed by atoms with van der Waals surface area (Å²) in [6.45, 7) is 0. The van der Waals surface area contributed by atoms with Crippen molar-refractivity contribution in [1.29, 1.82) is 0 Å². The van der Waals surface area contributed by atoms with Gasteiger partial charge in [0.15, 0.2) is 17.7 Å². The van der Waals surface area contributed by atoms with Gasteiger partial charge in [-0.25, -0.2) is 12.8 Å². The monoisotopic (exact) mass is 581 g/mol. The van der Waals surface area contributed by atoms with Crippen molar-refractivity contribution in [3.05, 3.63) is 57.8 Å². The van der Waals surface area contributed by atoms with Gasteiger partial charge in [0.2, 0.25) is 0 Å². The summed E-state index contributed by atoms with van der Waals surface area (Å²) < 4.78 is 103. The van der Waals surface area contributed by atoms with E-state index in [-0.39, 0.29) is 14.3 Å². The molecule has 2 unspecified atom stereocenters. The highest BCUT2D eigenvalue weighted by Crippen LogP contribution is 2.51. The Morgan fingerprint density at radius 1 is 1.18 bits per heavy atom. The second kappa shape index (κ2) is 9.90. The van der Waals surface area contributed by atoms with Gasteiger partial charge >= 0.3 is 13.8 Å². The lowest BCUT2D eigenvalue weighted by molar-refractivity contribution is -0.199. The van der Waals surface area contributed by atoms with Crippen molar-refractivity contribution in [3.63, 3.8) is 0 Å². The fourth-order valence-electron chi connectivity index (χ4n) is 2.76. The SMILES string of the molecule is COc1cc(C(OP(=O)(O)CNS(=O)(=O)c2cc3c(Cl)ccc(Cl)c3s2)C(F)(F)F)ccc1F. The number of alkyl halides is 3. The molecule has 16 heteroatoms. The molecule has 0 aliphatic carbocycles. The lowest BCUT2D eigenvalue weighted by atomic mass is 10.1. The number of rotatable bonds is 8. The summed E-state index contributed by atoms with van der Waals surface area (Å²) in [6.07, 6.45) is -9.54. The van der Waals surface area contributed by atoms with Crippen molar-refractivity contribution in [2.75, 3.05) is 13.4 Å². The van der Waals surface area contributed by atoms with Crippen molar-refractivity contribution >= 4 is 62.2 Å². The van der Waals surface area contributed by atoms with Crippen molar-refractivity contribution in [3.8, 4) is 5.75 Å². The van der Waals surface area contributed by atoms with Gasteiger partial charge in [0.05, 0.1) is 16.8 Å². The molecule has 1 heterocycles. The Balaban J connectivity index is 1.83. The first-order valence-corrected chi connectivity index (χ1v) is 13.7. The lowest BCUT2D eigenvalue weighted by Crippen LogP contribution is -2.28. The van der Waals surface area contributed by atoms with Crippen LogP contribution in [0.3, 0.4) is 0 Å². The highest BCUT2D eigenvalue weighted by molar-refractivity contribution is 7.92. The summed E-state index contributed by atoms with van der Waals surface area (Å²) in [5.74, 6) is -1.51. The molecule has 186 valence electrons. The Morgan fingerprint density at radius 3 is 2.41 bits per heavy atom. The number of methoxy groups -OCH3 is 1. The molecule has 2 N–H and O–H groups in total. The van der Waals surface area contributed by atoms with E-state index in [0.717, 1.165) is 7.11 Å². The number of ether oxygens (including phenoxy) is 1. The van der Waals surface area contributed by atoms with Crippen molar-refractivity contribution in [2.24, 2.45) is 0 Å². The van der Waals surface area contributed by atoms with Crippen LogP contribution < -0.4 is 9.46 Å². The molecule has 3 aromatic rings. The normalized spacial score (nSPS) is 15.3. The van der Waals surface area contributed by atoms with E-state index >= 15 is 0 Å². The largest absolute Gasteiger partial charge is 0.494 e. The minimum atomic E-state index is -5.21. The van der Waals surface area contributed by atoms with Crippen LogP contribution in [0.2, 0.25) is 10.0 Å². The Morgan fingerprint density at radius 2 is 1.82 bits per heavy atom. The quantitative estimate of drug-likeness (QED) is 0.246. The second-order valence-electron chi connectivity index (χ2n) is 6.70. The number of nitrogens with one attached hydrogen (secondary N) is 1. The van der Waals surface area contributed by atoms with Gasteiger partial charge in [-0.1, -0.05) is 29.3 Å². The van der Waals surface area contributed by atoms with Crippen LogP contribution in [0.4, 0.5) is 17.6 Å². The standard InChI is InChI=1S/C18H14Cl2F4NO6PS2/c1-30-14-6-9(2-5-13(14)21)17(18(22,23)24)31-32(26,27)8-25-34(28,29)15-7-10-11(19)3-4-12(20)16(10)33-15/h2-7,17,25H,8H2,1H3,(H,26,27). The van der Waals surface area contributed by atoms with Crippen LogP contribution in [-0.2, 0) is 19.1 Å². The maximum absolute atomic E-state index is 13.6. The summed E-state index contributed by atoms with van der Waals surface area (Å²) in [7, 11) is -8.64. The zero-order valence-electron chi connectivity index (χ0n) is 16.8. The predicted molar refractivity (Wildman–Crippen MR) is 120 cm³/mol. The highest BCUT2D eigenvalue weighted by Gasteiger charge is 2.46. The summed E-state index contributed by atoms with van der Waals surface area (Å²) in [5, 5.41) is 0.728. The van der Waals surface area contributed by atoms with Gasteiger partial charge in [-0.2, -0.15) is 17.9 Å². The van der Waals surface area contributed by atoms with Gasteiger partial charge in [0.25, 0.3) is 10.0 Å². The number of thiophene rings is 1. The molecule has 2 atom stereocenters. The summed E-state index contributed by atoms with van der Waals surface area (Å²) in [4.78, 5) is 9.99. The van der Waals surface area contributed by atoms with E-state index in [1.165, 1.54) is 18.2 Å². The molecule has 0 bridgehead atoms. The average Bonchev–Trinajstić information content (AvgIpc) is 3.21. The molecule has 0 aliphatic heterocycles. The Bertz CT molecular complexity index is 1340. The molecule has 0 spiro atoms. The molecule has 7 nitrogen and oxygen atoms in total. The molecule has 0 radical (unpaired) electrons. The maximum atomic E-state index is 13.6. The first-order valence-electron chi connectivity index (χ1n) is 8.92. The van der Waals surface area contributed by atoms with E-state index in [2.05, 4.69) is 9.26 Å². The van der Waals surface area contributed by atoms with Gasteiger partial charge < -0.3 is 9.63 Å². The molecule has 3 rings (SSSR count). The number of hydrogen-bond donors (Lipinski definition) is 2. The van der Waals surface area contributed by atoms with E-state index in [4.69, 9.17) is 23.2 Å². The first-order chi connectivity index (χ1) is 15.6. The van der Waals surface area contributed by atoms with Gasteiger partial charge in [-0.05, 0) is 35.9 Å². The van der Waals surface area contributed by atoms with E-state index in [1.807, 2.05) is 0 Å². The van der Waals surface area contributed by atoms with Gasteiger partial charge in [0, 0.05) is 10.4 Å². The first kappa shape index (κ1) is 27.2. The van der Waals surface area contributed by atoms with E-state index in [9.17, 15) is 35.4 Å². The van der Waals surface area contributed by atoms with Gasteiger partial charge in [-0.3, -0.25) is 9.09 Å². The van der Waals surface area contributed by atoms with E-state index in [0.29, 0.717) is 39.6 Å². The third kappa shape index (κ3) is 6.03. The van der Waals surface area contributed by atoms with Gasteiger partial charge in [0.1, 0.15) is 10.5 Å². The molecule has 2 aromatic carbocycles. The summed E-state index contributed by atoms with van der Waals surface area (Å²) in [6, 6.07) is 6.08. The average molecular weight is 582 g/mol. The third-order valence-electron chi connectivity index (χ3n) is 4.32. The minimum Gasteiger partial charge on any atom is -0.494 e. The van der Waals surface area contributed by atoms with Crippen LogP contribution in [0.15, 0.2) is 40.6 Å². The van der Waals surface area contributed by atoms with Crippen LogP contribution in [0.5, 0.6) is 5.75 Å². The molecule has 0 aliphatic rings. The molecular formula is C18H14Cl2F4NO6PS2. The Kier molecular flexibility index (Phi) is 7.91. The molecule has 1 aromatic heterocycles. The fraction of sp³-hybridized carbons (Fsp3) is 0.222. The molecule has 34 heavy (non-hydrogen) atoms. The molecule has 0 saturated carbocycles. The van der Waals surface area contributed by atoms with Crippen LogP contribution in [0, 0.1) is 5.82 Å². The summed E-state index contributed by atoms with van der Waals surface area (Å²) in [5.41, 5.74) is -0.725. The Labute approximate surface area is 204 Å². The third-order valence-corrected chi connectivity index (χ3v) is 9.44. The molecule has 0 fully saturated rings. The van der Waals surface area contributed by atoms with Crippen LogP contribution in [0.1, 0.15) is 11.7 Å². The highest BCUT2D eigenvalue weighted by atomic mass is 35.5. The van der Waals surface area contributed by atoms with Crippen molar-refractivity contribution < 1.29 is 44.7 Å². The fourth-order valence-corrected chi connectivity index (χ4v) is 7.39. The van der Waals surface area contributed by atoms with E-state index < -0.39 is 53.3 Å². The van der Waals surface area contributed by atoms with Crippen LogP contribution >= 0.6 is 42.1 Å². The minimum absolute atomic E-state index is 0.205. The maximum Gasteiger partial charge on any atom is 0.419 e. The number of fused-ring (bicyclic) bond motifs is 1. The van der Waals surface area contributed by atoms with Crippen LogP contribution in [-0.4, -0.2) is 32.9 Å². The van der Waals surface area contributed by atoms with Crippen molar-refractivity contribution in [1.82, 2.24) is 4.72 Å². The van der Waals surface area contributed by atoms with Crippen LogP contribution in [0.25, 0.3) is 10.1 Å².